The van der Waals surface area contributed by atoms with E-state index in [1.54, 1.807) is 30.3 Å². The van der Waals surface area contributed by atoms with Crippen LogP contribution in [0.1, 0.15) is 34.6 Å². The summed E-state index contributed by atoms with van der Waals surface area (Å²) in [6.45, 7) is 3.90. The number of ketones is 1. The Morgan fingerprint density at radius 3 is 2.46 bits per heavy atom. The Balaban J connectivity index is 2.08. The largest absolute Gasteiger partial charge is 0.507 e. The van der Waals surface area contributed by atoms with Crippen LogP contribution >= 0.6 is 15.9 Å². The van der Waals surface area contributed by atoms with Crippen molar-refractivity contribution in [2.24, 2.45) is 0 Å². The van der Waals surface area contributed by atoms with Crippen LogP contribution in [0, 0.1) is 0 Å². The van der Waals surface area contributed by atoms with Gasteiger partial charge in [-0.05, 0) is 56.3 Å². The predicted octanol–water partition coefficient (Wildman–Crippen LogP) is 3.98. The number of hydrogen-bond acceptors (Lipinski definition) is 5. The van der Waals surface area contributed by atoms with Crippen molar-refractivity contribution >= 4 is 27.7 Å². The molecule has 0 unspecified atom stereocenters. The van der Waals surface area contributed by atoms with E-state index in [0.717, 1.165) is 0 Å². The van der Waals surface area contributed by atoms with E-state index < -0.39 is 12.1 Å². The number of aromatic hydroxyl groups is 1. The molecule has 2 aromatic carbocycles. The van der Waals surface area contributed by atoms with Gasteiger partial charge in [-0.15, -0.1) is 0 Å². The molecule has 0 aliphatic heterocycles. The fourth-order valence-corrected chi connectivity index (χ4v) is 2.43. The molecule has 0 aromatic heterocycles. The summed E-state index contributed by atoms with van der Waals surface area (Å²) in [5, 5.41) is 9.73. The number of carbonyl (C=O) groups is 2. The minimum atomic E-state index is -0.978. The average molecular weight is 393 g/mol. The molecule has 1 atom stereocenters. The van der Waals surface area contributed by atoms with Gasteiger partial charge in [0.15, 0.2) is 6.10 Å². The number of rotatable bonds is 6. The quantitative estimate of drug-likeness (QED) is 0.594. The fourth-order valence-electron chi connectivity index (χ4n) is 2.07. The molecule has 0 amide bonds. The molecule has 0 radical (unpaired) electrons. The zero-order valence-electron chi connectivity index (χ0n) is 13.3. The van der Waals surface area contributed by atoms with Crippen LogP contribution in [-0.2, 0) is 4.74 Å². The lowest BCUT2D eigenvalue weighted by Crippen LogP contribution is -2.24. The van der Waals surface area contributed by atoms with Crippen LogP contribution in [0.15, 0.2) is 46.9 Å². The number of carbonyl (C=O) groups excluding carboxylic acids is 2. The summed E-state index contributed by atoms with van der Waals surface area (Å²) in [7, 11) is 0. The van der Waals surface area contributed by atoms with Crippen molar-refractivity contribution in [1.29, 1.82) is 0 Å². The van der Waals surface area contributed by atoms with Gasteiger partial charge in [-0.2, -0.15) is 0 Å². The minimum Gasteiger partial charge on any atom is -0.507 e. The normalized spacial score (nSPS) is 11.6. The number of Topliss-reactive ketones (excluding diaryl/α,β-unsaturated/α-hetero) is 1. The summed E-state index contributed by atoms with van der Waals surface area (Å²) in [6, 6.07) is 11.0. The Hall–Kier alpha value is -2.34. The monoisotopic (exact) mass is 392 g/mol. The van der Waals surface area contributed by atoms with E-state index in [1.807, 2.05) is 6.92 Å². The molecule has 0 saturated heterocycles. The first kappa shape index (κ1) is 18.0. The van der Waals surface area contributed by atoms with Crippen LogP contribution < -0.4 is 4.74 Å². The molecule has 2 rings (SSSR count). The van der Waals surface area contributed by atoms with E-state index in [4.69, 9.17) is 9.47 Å². The summed E-state index contributed by atoms with van der Waals surface area (Å²) in [5.74, 6) is -0.636. The smallest absolute Gasteiger partial charge is 0.342 e. The lowest BCUT2D eigenvalue weighted by Gasteiger charge is -2.13. The van der Waals surface area contributed by atoms with E-state index in [2.05, 4.69) is 15.9 Å². The van der Waals surface area contributed by atoms with Crippen molar-refractivity contribution in [1.82, 2.24) is 0 Å². The summed E-state index contributed by atoms with van der Waals surface area (Å²) >= 11 is 3.22. The first-order valence-electron chi connectivity index (χ1n) is 7.39. The number of esters is 1. The fraction of sp³-hybridized carbons (Fsp3) is 0.222. The van der Waals surface area contributed by atoms with Gasteiger partial charge in [-0.1, -0.05) is 15.9 Å². The third kappa shape index (κ3) is 4.35. The molecule has 0 spiro atoms. The molecule has 0 bridgehead atoms. The van der Waals surface area contributed by atoms with Crippen LogP contribution in [0.4, 0.5) is 0 Å². The third-order valence-corrected chi connectivity index (χ3v) is 3.77. The van der Waals surface area contributed by atoms with Crippen LogP contribution in [-0.4, -0.2) is 29.6 Å². The maximum atomic E-state index is 12.3. The van der Waals surface area contributed by atoms with E-state index in [9.17, 15) is 14.7 Å². The summed E-state index contributed by atoms with van der Waals surface area (Å²) in [5.41, 5.74) is 0.410. The summed E-state index contributed by atoms with van der Waals surface area (Å²) in [6.07, 6.45) is -0.978. The van der Waals surface area contributed by atoms with Crippen molar-refractivity contribution in [3.05, 3.63) is 58.1 Å². The molecule has 0 aliphatic rings. The molecule has 5 nitrogen and oxygen atoms in total. The molecule has 0 heterocycles. The Morgan fingerprint density at radius 2 is 1.83 bits per heavy atom. The molecule has 6 heteroatoms. The summed E-state index contributed by atoms with van der Waals surface area (Å²) in [4.78, 5) is 24.5. The number of ether oxygens (including phenoxy) is 2. The molecule has 2 aromatic rings. The van der Waals surface area contributed by atoms with Gasteiger partial charge in [-0.25, -0.2) is 4.79 Å². The SMILES string of the molecule is CCOc1ccc(C(=O)[C@@H](C)OC(=O)c2cc(Br)ccc2O)cc1. The highest BCUT2D eigenvalue weighted by atomic mass is 79.9. The maximum absolute atomic E-state index is 12.3. The van der Waals surface area contributed by atoms with Crippen molar-refractivity contribution in [2.75, 3.05) is 6.61 Å². The van der Waals surface area contributed by atoms with Gasteiger partial charge in [0.05, 0.1) is 6.61 Å². The van der Waals surface area contributed by atoms with Crippen LogP contribution in [0.2, 0.25) is 0 Å². The van der Waals surface area contributed by atoms with Crippen molar-refractivity contribution in [3.63, 3.8) is 0 Å². The number of benzene rings is 2. The Kier molecular flexibility index (Phi) is 5.98. The molecule has 126 valence electrons. The van der Waals surface area contributed by atoms with Gasteiger partial charge in [0.1, 0.15) is 17.1 Å². The first-order chi connectivity index (χ1) is 11.4. The second-order valence-corrected chi connectivity index (χ2v) is 5.95. The van der Waals surface area contributed by atoms with Gasteiger partial charge in [0.2, 0.25) is 5.78 Å². The van der Waals surface area contributed by atoms with Gasteiger partial charge >= 0.3 is 5.97 Å². The molecular weight excluding hydrogens is 376 g/mol. The second kappa shape index (κ2) is 7.97. The highest BCUT2D eigenvalue weighted by molar-refractivity contribution is 9.10. The molecule has 0 saturated carbocycles. The Bertz CT molecular complexity index is 740. The zero-order valence-corrected chi connectivity index (χ0v) is 14.9. The van der Waals surface area contributed by atoms with E-state index in [1.165, 1.54) is 19.1 Å². The van der Waals surface area contributed by atoms with Crippen LogP contribution in [0.5, 0.6) is 11.5 Å². The van der Waals surface area contributed by atoms with Crippen molar-refractivity contribution < 1.29 is 24.2 Å². The van der Waals surface area contributed by atoms with Gasteiger partial charge in [0.25, 0.3) is 0 Å². The average Bonchev–Trinajstić information content (AvgIpc) is 2.57. The molecular formula is C18H17BrO5. The van der Waals surface area contributed by atoms with E-state index in [0.29, 0.717) is 22.4 Å². The highest BCUT2D eigenvalue weighted by Crippen LogP contribution is 2.23. The Morgan fingerprint density at radius 1 is 1.17 bits per heavy atom. The van der Waals surface area contributed by atoms with Gasteiger partial charge in [0, 0.05) is 10.0 Å². The number of halogens is 1. The number of hydrogen-bond donors (Lipinski definition) is 1. The lowest BCUT2D eigenvalue weighted by molar-refractivity contribution is 0.0316. The lowest BCUT2D eigenvalue weighted by atomic mass is 10.1. The molecule has 1 N–H and O–H groups in total. The minimum absolute atomic E-state index is 0.00396. The maximum Gasteiger partial charge on any atom is 0.342 e. The van der Waals surface area contributed by atoms with E-state index in [-0.39, 0.29) is 17.1 Å². The van der Waals surface area contributed by atoms with E-state index >= 15 is 0 Å². The molecule has 0 aliphatic carbocycles. The highest BCUT2D eigenvalue weighted by Gasteiger charge is 2.22. The van der Waals surface area contributed by atoms with Crippen molar-refractivity contribution in [3.8, 4) is 11.5 Å². The second-order valence-electron chi connectivity index (χ2n) is 5.03. The topological polar surface area (TPSA) is 72.8 Å². The molecule has 24 heavy (non-hydrogen) atoms. The zero-order chi connectivity index (χ0) is 17.7. The Labute approximate surface area is 148 Å². The first-order valence-corrected chi connectivity index (χ1v) is 8.18. The van der Waals surface area contributed by atoms with Crippen LogP contribution in [0.3, 0.4) is 0 Å². The molecule has 0 fully saturated rings. The van der Waals surface area contributed by atoms with Gasteiger partial charge in [-0.3, -0.25) is 4.79 Å². The summed E-state index contributed by atoms with van der Waals surface area (Å²) < 4.78 is 11.1. The number of phenolic OH excluding ortho intramolecular Hbond substituents is 1. The number of phenols is 1. The predicted molar refractivity (Wildman–Crippen MR) is 92.6 cm³/mol. The standard InChI is InChI=1S/C18H17BrO5/c1-3-23-14-7-4-12(5-8-14)17(21)11(2)24-18(22)15-10-13(19)6-9-16(15)20/h4-11,20H,3H2,1-2H3/t11-/m1/s1. The van der Waals surface area contributed by atoms with Crippen molar-refractivity contribution in [2.45, 2.75) is 20.0 Å². The third-order valence-electron chi connectivity index (χ3n) is 3.28. The van der Waals surface area contributed by atoms with Gasteiger partial charge < -0.3 is 14.6 Å². The van der Waals surface area contributed by atoms with Crippen LogP contribution in [0.25, 0.3) is 0 Å².